The standard InChI is InChI=1S/C10H17N5O3/c1-7(2)4-8(10(17)18-3)12-9(16)5-15-6-11-13-14-15/h6-8H,4-5H2,1-3H3,(H,12,16). The van der Waals surface area contributed by atoms with Gasteiger partial charge in [0.05, 0.1) is 7.11 Å². The van der Waals surface area contributed by atoms with Gasteiger partial charge in [0.25, 0.3) is 0 Å². The molecule has 0 spiro atoms. The van der Waals surface area contributed by atoms with Gasteiger partial charge in [0.1, 0.15) is 18.9 Å². The number of amides is 1. The lowest BCUT2D eigenvalue weighted by Crippen LogP contribution is -2.43. The second-order valence-electron chi connectivity index (χ2n) is 4.28. The monoisotopic (exact) mass is 255 g/mol. The molecule has 1 aromatic rings. The first-order valence-corrected chi connectivity index (χ1v) is 5.61. The normalized spacial score (nSPS) is 12.2. The van der Waals surface area contributed by atoms with Crippen molar-refractivity contribution in [3.63, 3.8) is 0 Å². The van der Waals surface area contributed by atoms with Gasteiger partial charge in [-0.3, -0.25) is 4.79 Å². The van der Waals surface area contributed by atoms with E-state index in [0.29, 0.717) is 6.42 Å². The first-order valence-electron chi connectivity index (χ1n) is 5.61. The summed E-state index contributed by atoms with van der Waals surface area (Å²) in [4.78, 5) is 23.2. The van der Waals surface area contributed by atoms with Crippen molar-refractivity contribution in [2.45, 2.75) is 32.9 Å². The van der Waals surface area contributed by atoms with Gasteiger partial charge in [-0.2, -0.15) is 0 Å². The summed E-state index contributed by atoms with van der Waals surface area (Å²) in [5.41, 5.74) is 0. The molecule has 1 heterocycles. The van der Waals surface area contributed by atoms with Crippen LogP contribution < -0.4 is 5.32 Å². The van der Waals surface area contributed by atoms with Crippen LogP contribution in [0.3, 0.4) is 0 Å². The van der Waals surface area contributed by atoms with Gasteiger partial charge in [-0.1, -0.05) is 13.8 Å². The number of methoxy groups -OCH3 is 1. The van der Waals surface area contributed by atoms with Crippen LogP contribution in [0.1, 0.15) is 20.3 Å². The molecule has 0 aliphatic heterocycles. The highest BCUT2D eigenvalue weighted by molar-refractivity contribution is 5.84. The van der Waals surface area contributed by atoms with Gasteiger partial charge >= 0.3 is 5.97 Å². The summed E-state index contributed by atoms with van der Waals surface area (Å²) in [6.07, 6.45) is 1.85. The van der Waals surface area contributed by atoms with Gasteiger partial charge in [-0.25, -0.2) is 9.48 Å². The van der Waals surface area contributed by atoms with E-state index in [-0.39, 0.29) is 18.4 Å². The minimum Gasteiger partial charge on any atom is -0.467 e. The van der Waals surface area contributed by atoms with Crippen molar-refractivity contribution >= 4 is 11.9 Å². The van der Waals surface area contributed by atoms with Crippen LogP contribution in [0.25, 0.3) is 0 Å². The zero-order valence-corrected chi connectivity index (χ0v) is 10.7. The summed E-state index contributed by atoms with van der Waals surface area (Å²) in [7, 11) is 1.29. The molecule has 0 fully saturated rings. The molecule has 0 aliphatic carbocycles. The Hall–Kier alpha value is -1.99. The van der Waals surface area contributed by atoms with Crippen LogP contribution in [0.4, 0.5) is 0 Å². The van der Waals surface area contributed by atoms with Gasteiger partial charge in [-0.05, 0) is 22.8 Å². The summed E-state index contributed by atoms with van der Waals surface area (Å²) in [6, 6.07) is -0.640. The Balaban J connectivity index is 2.54. The molecule has 0 saturated carbocycles. The van der Waals surface area contributed by atoms with Crippen molar-refractivity contribution in [3.8, 4) is 0 Å². The average molecular weight is 255 g/mol. The van der Waals surface area contributed by atoms with Crippen LogP contribution in [-0.4, -0.2) is 45.2 Å². The maximum absolute atomic E-state index is 11.7. The largest absolute Gasteiger partial charge is 0.467 e. The Morgan fingerprint density at radius 3 is 2.67 bits per heavy atom. The van der Waals surface area contributed by atoms with Gasteiger partial charge in [0, 0.05) is 0 Å². The fourth-order valence-electron chi connectivity index (χ4n) is 1.47. The Morgan fingerprint density at radius 1 is 1.44 bits per heavy atom. The van der Waals surface area contributed by atoms with Gasteiger partial charge < -0.3 is 10.1 Å². The molecular weight excluding hydrogens is 238 g/mol. The number of hydrogen-bond donors (Lipinski definition) is 1. The van der Waals surface area contributed by atoms with E-state index in [0.717, 1.165) is 0 Å². The van der Waals surface area contributed by atoms with Crippen LogP contribution >= 0.6 is 0 Å². The number of esters is 1. The molecule has 1 rings (SSSR count). The molecule has 0 radical (unpaired) electrons. The molecular formula is C10H17N5O3. The van der Waals surface area contributed by atoms with E-state index < -0.39 is 12.0 Å². The SMILES string of the molecule is COC(=O)C(CC(C)C)NC(=O)Cn1cnnn1. The molecule has 1 aromatic heterocycles. The number of aromatic nitrogens is 4. The highest BCUT2D eigenvalue weighted by atomic mass is 16.5. The van der Waals surface area contributed by atoms with Crippen molar-refractivity contribution in [2.24, 2.45) is 5.92 Å². The number of nitrogens with one attached hydrogen (secondary N) is 1. The van der Waals surface area contributed by atoms with E-state index >= 15 is 0 Å². The highest BCUT2D eigenvalue weighted by Gasteiger charge is 2.22. The first kappa shape index (κ1) is 14.1. The third-order valence-corrected chi connectivity index (χ3v) is 2.23. The van der Waals surface area contributed by atoms with E-state index in [2.05, 4.69) is 25.6 Å². The lowest BCUT2D eigenvalue weighted by molar-refractivity contribution is -0.145. The molecule has 0 aromatic carbocycles. The van der Waals surface area contributed by atoms with Crippen LogP contribution in [-0.2, 0) is 20.9 Å². The van der Waals surface area contributed by atoms with Crippen molar-refractivity contribution in [2.75, 3.05) is 7.11 Å². The van der Waals surface area contributed by atoms with Crippen LogP contribution in [0.2, 0.25) is 0 Å². The number of tetrazole rings is 1. The van der Waals surface area contributed by atoms with E-state index in [1.54, 1.807) is 0 Å². The first-order chi connectivity index (χ1) is 8.52. The fraction of sp³-hybridized carbons (Fsp3) is 0.700. The predicted octanol–water partition coefficient (Wildman–Crippen LogP) is -0.623. The maximum atomic E-state index is 11.7. The Labute approximate surface area is 105 Å². The number of ether oxygens (including phenoxy) is 1. The molecule has 8 heteroatoms. The quantitative estimate of drug-likeness (QED) is 0.680. The van der Waals surface area contributed by atoms with Crippen molar-refractivity contribution in [3.05, 3.63) is 6.33 Å². The van der Waals surface area contributed by atoms with E-state index in [1.165, 1.54) is 18.1 Å². The Bertz CT molecular complexity index is 390. The summed E-state index contributed by atoms with van der Waals surface area (Å²) < 4.78 is 5.93. The Kier molecular flexibility index (Phi) is 5.22. The number of carbonyl (C=O) groups is 2. The minimum atomic E-state index is -0.640. The predicted molar refractivity (Wildman–Crippen MR) is 61.2 cm³/mol. The van der Waals surface area contributed by atoms with Crippen LogP contribution in [0.5, 0.6) is 0 Å². The van der Waals surface area contributed by atoms with Gasteiger partial charge in [0.2, 0.25) is 5.91 Å². The molecule has 0 saturated heterocycles. The smallest absolute Gasteiger partial charge is 0.328 e. The zero-order valence-electron chi connectivity index (χ0n) is 10.7. The Morgan fingerprint density at radius 2 is 2.17 bits per heavy atom. The second kappa shape index (κ2) is 6.67. The lowest BCUT2D eigenvalue weighted by Gasteiger charge is -2.18. The van der Waals surface area contributed by atoms with E-state index in [1.807, 2.05) is 13.8 Å². The topological polar surface area (TPSA) is 99.0 Å². The fourth-order valence-corrected chi connectivity index (χ4v) is 1.47. The summed E-state index contributed by atoms with van der Waals surface area (Å²) >= 11 is 0. The van der Waals surface area contributed by atoms with Gasteiger partial charge in [-0.15, -0.1) is 5.10 Å². The van der Waals surface area contributed by atoms with E-state index in [4.69, 9.17) is 0 Å². The van der Waals surface area contributed by atoms with Crippen molar-refractivity contribution in [1.29, 1.82) is 0 Å². The summed E-state index contributed by atoms with van der Waals surface area (Å²) in [5.74, 6) is -0.519. The minimum absolute atomic E-state index is 0.0292. The number of hydrogen-bond acceptors (Lipinski definition) is 6. The molecule has 18 heavy (non-hydrogen) atoms. The van der Waals surface area contributed by atoms with Crippen LogP contribution in [0, 0.1) is 5.92 Å². The maximum Gasteiger partial charge on any atom is 0.328 e. The number of carbonyl (C=O) groups excluding carboxylic acids is 2. The number of nitrogens with zero attached hydrogens (tertiary/aromatic N) is 4. The molecule has 100 valence electrons. The molecule has 1 N–H and O–H groups in total. The van der Waals surface area contributed by atoms with E-state index in [9.17, 15) is 9.59 Å². The van der Waals surface area contributed by atoms with Crippen LogP contribution in [0.15, 0.2) is 6.33 Å². The number of rotatable bonds is 6. The average Bonchev–Trinajstić information content (AvgIpc) is 2.79. The summed E-state index contributed by atoms with van der Waals surface area (Å²) in [6.45, 7) is 3.89. The molecule has 8 nitrogen and oxygen atoms in total. The molecule has 1 atom stereocenters. The summed E-state index contributed by atoms with van der Waals surface area (Å²) in [5, 5.41) is 13.0. The molecule has 1 unspecified atom stereocenters. The third kappa shape index (κ3) is 4.48. The molecule has 0 bridgehead atoms. The molecule has 1 amide bonds. The second-order valence-corrected chi connectivity index (χ2v) is 4.28. The zero-order chi connectivity index (χ0) is 13.5. The lowest BCUT2D eigenvalue weighted by atomic mass is 10.0. The van der Waals surface area contributed by atoms with Gasteiger partial charge in [0.15, 0.2) is 0 Å². The highest BCUT2D eigenvalue weighted by Crippen LogP contribution is 2.06. The molecule has 0 aliphatic rings. The van der Waals surface area contributed by atoms with Crippen molar-refractivity contribution < 1.29 is 14.3 Å². The third-order valence-electron chi connectivity index (χ3n) is 2.23. The van der Waals surface area contributed by atoms with Crippen molar-refractivity contribution in [1.82, 2.24) is 25.5 Å².